The number of carbonyl (C=O) groups excluding carboxylic acids is 2. The molecule has 0 spiro atoms. The molecule has 0 unspecified atom stereocenters. The molecule has 1 saturated carbocycles. The molecule has 0 radical (unpaired) electrons. The van der Waals surface area contributed by atoms with E-state index < -0.39 is 0 Å². The predicted molar refractivity (Wildman–Crippen MR) is 67.3 cm³/mol. The molecule has 3 nitrogen and oxygen atoms in total. The van der Waals surface area contributed by atoms with E-state index in [0.717, 1.165) is 15.8 Å². The van der Waals surface area contributed by atoms with Crippen LogP contribution in [0.1, 0.15) is 30.7 Å². The third-order valence-electron chi connectivity index (χ3n) is 2.99. The van der Waals surface area contributed by atoms with Crippen LogP contribution >= 0.6 is 15.9 Å². The topological polar surface area (TPSA) is 43.4 Å². The summed E-state index contributed by atoms with van der Waals surface area (Å²) in [5.41, 5.74) is 0.978. The number of hydrogen-bond acceptors (Lipinski definition) is 3. The van der Waals surface area contributed by atoms with Crippen LogP contribution < -0.4 is 4.74 Å². The minimum atomic E-state index is -0.0202. The first kappa shape index (κ1) is 12.3. The second kappa shape index (κ2) is 5.00. The minimum absolute atomic E-state index is 0.0202. The first-order valence-electron chi connectivity index (χ1n) is 5.47. The molecule has 90 valence electrons. The fourth-order valence-electron chi connectivity index (χ4n) is 2.17. The van der Waals surface area contributed by atoms with Crippen molar-refractivity contribution in [3.8, 4) is 5.75 Å². The van der Waals surface area contributed by atoms with Crippen LogP contribution in [0.3, 0.4) is 0 Å². The van der Waals surface area contributed by atoms with Gasteiger partial charge in [-0.3, -0.25) is 9.59 Å². The number of ketones is 2. The normalized spacial score (nSPS) is 17.3. The maximum Gasteiger partial charge on any atom is 0.140 e. The fourth-order valence-corrected chi connectivity index (χ4v) is 2.74. The van der Waals surface area contributed by atoms with Crippen LogP contribution in [0.2, 0.25) is 0 Å². The van der Waals surface area contributed by atoms with Gasteiger partial charge in [0.15, 0.2) is 0 Å². The van der Waals surface area contributed by atoms with Crippen LogP contribution in [0.4, 0.5) is 0 Å². The van der Waals surface area contributed by atoms with E-state index in [0.29, 0.717) is 12.8 Å². The number of carbonyl (C=O) groups is 2. The van der Waals surface area contributed by atoms with E-state index in [1.54, 1.807) is 7.11 Å². The predicted octanol–water partition coefficient (Wildman–Crippen LogP) is 2.86. The summed E-state index contributed by atoms with van der Waals surface area (Å²) < 4.78 is 6.09. The SMILES string of the molecule is COc1ccc(Br)c(C2CC(=O)CC(=O)C2)c1. The van der Waals surface area contributed by atoms with Crippen molar-refractivity contribution in [2.45, 2.75) is 25.2 Å². The largest absolute Gasteiger partial charge is 0.497 e. The highest BCUT2D eigenvalue weighted by atomic mass is 79.9. The number of ether oxygens (including phenoxy) is 1. The molecule has 0 amide bonds. The van der Waals surface area contributed by atoms with Crippen molar-refractivity contribution >= 4 is 27.5 Å². The van der Waals surface area contributed by atoms with Gasteiger partial charge in [-0.15, -0.1) is 0 Å². The molecule has 4 heteroatoms. The molecule has 1 aromatic carbocycles. The zero-order valence-electron chi connectivity index (χ0n) is 9.53. The smallest absolute Gasteiger partial charge is 0.140 e. The van der Waals surface area contributed by atoms with Crippen molar-refractivity contribution < 1.29 is 14.3 Å². The van der Waals surface area contributed by atoms with Crippen LogP contribution in [-0.2, 0) is 9.59 Å². The summed E-state index contributed by atoms with van der Waals surface area (Å²) in [6.07, 6.45) is 0.979. The quantitative estimate of drug-likeness (QED) is 0.788. The lowest BCUT2D eigenvalue weighted by Gasteiger charge is -2.21. The van der Waals surface area contributed by atoms with E-state index >= 15 is 0 Å². The third kappa shape index (κ3) is 2.75. The van der Waals surface area contributed by atoms with Gasteiger partial charge in [-0.2, -0.15) is 0 Å². The second-order valence-corrected chi connectivity index (χ2v) is 5.10. The number of rotatable bonds is 2. The zero-order valence-corrected chi connectivity index (χ0v) is 11.1. The van der Waals surface area contributed by atoms with Crippen LogP contribution in [0.15, 0.2) is 22.7 Å². The van der Waals surface area contributed by atoms with E-state index in [1.165, 1.54) is 0 Å². The minimum Gasteiger partial charge on any atom is -0.497 e. The zero-order chi connectivity index (χ0) is 12.4. The lowest BCUT2D eigenvalue weighted by molar-refractivity contribution is -0.130. The van der Waals surface area contributed by atoms with Gasteiger partial charge in [-0.25, -0.2) is 0 Å². The van der Waals surface area contributed by atoms with Gasteiger partial charge in [0.2, 0.25) is 0 Å². The van der Waals surface area contributed by atoms with Gasteiger partial charge in [0.05, 0.1) is 13.5 Å². The number of benzene rings is 1. The molecule has 0 aliphatic heterocycles. The Bertz CT molecular complexity index is 452. The Morgan fingerprint density at radius 3 is 2.47 bits per heavy atom. The van der Waals surface area contributed by atoms with Crippen molar-refractivity contribution in [2.75, 3.05) is 7.11 Å². The molecule has 2 rings (SSSR count). The first-order chi connectivity index (χ1) is 8.10. The highest BCUT2D eigenvalue weighted by Gasteiger charge is 2.27. The van der Waals surface area contributed by atoms with Gasteiger partial charge in [-0.1, -0.05) is 15.9 Å². The molecule has 0 bridgehead atoms. The Kier molecular flexibility index (Phi) is 3.62. The fraction of sp³-hybridized carbons (Fsp3) is 0.385. The van der Waals surface area contributed by atoms with Crippen LogP contribution in [0.25, 0.3) is 0 Å². The number of halogens is 1. The highest BCUT2D eigenvalue weighted by molar-refractivity contribution is 9.10. The van der Waals surface area contributed by atoms with E-state index in [-0.39, 0.29) is 23.9 Å². The Labute approximate surface area is 108 Å². The summed E-state index contributed by atoms with van der Waals surface area (Å²) in [6.45, 7) is 0. The molecule has 1 fully saturated rings. The van der Waals surface area contributed by atoms with E-state index in [9.17, 15) is 9.59 Å². The Balaban J connectivity index is 2.32. The average molecular weight is 297 g/mol. The Hall–Kier alpha value is -1.16. The van der Waals surface area contributed by atoms with Gasteiger partial charge in [0.25, 0.3) is 0 Å². The molecule has 1 aromatic rings. The standard InChI is InChI=1S/C13H13BrO3/c1-17-11-2-3-13(14)12(7-11)8-4-9(15)6-10(16)5-8/h2-3,7-8H,4-6H2,1H3. The van der Waals surface area contributed by atoms with Gasteiger partial charge in [0.1, 0.15) is 17.3 Å². The van der Waals surface area contributed by atoms with Gasteiger partial charge >= 0.3 is 0 Å². The highest BCUT2D eigenvalue weighted by Crippen LogP contribution is 2.35. The van der Waals surface area contributed by atoms with E-state index in [2.05, 4.69) is 15.9 Å². The molecule has 0 saturated heterocycles. The van der Waals surface area contributed by atoms with Crippen molar-refractivity contribution in [1.29, 1.82) is 0 Å². The van der Waals surface area contributed by atoms with Crippen molar-refractivity contribution in [3.63, 3.8) is 0 Å². The molecule has 1 aliphatic carbocycles. The summed E-state index contributed by atoms with van der Waals surface area (Å²) in [5, 5.41) is 0. The lowest BCUT2D eigenvalue weighted by atomic mass is 9.82. The van der Waals surface area contributed by atoms with E-state index in [1.807, 2.05) is 18.2 Å². The monoisotopic (exact) mass is 296 g/mol. The molecule has 0 N–H and O–H groups in total. The number of Topliss-reactive ketones (excluding diaryl/α,β-unsaturated/α-hetero) is 2. The van der Waals surface area contributed by atoms with Gasteiger partial charge < -0.3 is 4.74 Å². The van der Waals surface area contributed by atoms with E-state index in [4.69, 9.17) is 4.74 Å². The maximum absolute atomic E-state index is 11.5. The summed E-state index contributed by atoms with van der Waals surface area (Å²) in [6, 6.07) is 5.62. The second-order valence-electron chi connectivity index (χ2n) is 4.25. The number of methoxy groups -OCH3 is 1. The summed E-state index contributed by atoms with van der Waals surface area (Å²) in [5.74, 6) is 0.781. The van der Waals surface area contributed by atoms with Crippen molar-refractivity contribution in [2.24, 2.45) is 0 Å². The molecule has 0 aromatic heterocycles. The van der Waals surface area contributed by atoms with Crippen molar-refractivity contribution in [1.82, 2.24) is 0 Å². The van der Waals surface area contributed by atoms with Gasteiger partial charge in [0, 0.05) is 17.3 Å². The molecular weight excluding hydrogens is 284 g/mol. The summed E-state index contributed by atoms with van der Waals surface area (Å²) >= 11 is 3.46. The van der Waals surface area contributed by atoms with Crippen LogP contribution in [-0.4, -0.2) is 18.7 Å². The molecule has 0 atom stereocenters. The first-order valence-corrected chi connectivity index (χ1v) is 6.26. The maximum atomic E-state index is 11.5. The lowest BCUT2D eigenvalue weighted by Crippen LogP contribution is -2.21. The third-order valence-corrected chi connectivity index (χ3v) is 3.71. The molecule has 0 heterocycles. The molecular formula is C13H13BrO3. The summed E-state index contributed by atoms with van der Waals surface area (Å²) in [7, 11) is 1.60. The Morgan fingerprint density at radius 1 is 1.24 bits per heavy atom. The van der Waals surface area contributed by atoms with Crippen LogP contribution in [0, 0.1) is 0 Å². The molecule has 1 aliphatic rings. The summed E-state index contributed by atoms with van der Waals surface area (Å²) in [4.78, 5) is 22.9. The van der Waals surface area contributed by atoms with Gasteiger partial charge in [-0.05, 0) is 29.7 Å². The van der Waals surface area contributed by atoms with Crippen LogP contribution in [0.5, 0.6) is 5.75 Å². The average Bonchev–Trinajstić information content (AvgIpc) is 2.28. The molecule has 17 heavy (non-hydrogen) atoms. The number of hydrogen-bond donors (Lipinski definition) is 0. The Morgan fingerprint density at radius 2 is 1.88 bits per heavy atom. The van der Waals surface area contributed by atoms with Crippen molar-refractivity contribution in [3.05, 3.63) is 28.2 Å².